The van der Waals surface area contributed by atoms with Crippen LogP contribution in [0.15, 0.2) is 49.5 Å². The number of amidine groups is 1. The van der Waals surface area contributed by atoms with Gasteiger partial charge in [-0.05, 0) is 18.6 Å². The molecule has 2 aromatic rings. The highest BCUT2D eigenvalue weighted by atomic mass is 32.2. The molecule has 0 radical (unpaired) electrons. The van der Waals surface area contributed by atoms with Crippen molar-refractivity contribution in [1.82, 2.24) is 14.3 Å². The van der Waals surface area contributed by atoms with Crippen molar-refractivity contribution < 1.29 is 27.0 Å². The number of sulfonamides is 2. The van der Waals surface area contributed by atoms with Crippen molar-refractivity contribution in [2.24, 2.45) is 26.1 Å². The molecule has 7 N–H and O–H groups in total. The van der Waals surface area contributed by atoms with E-state index >= 15 is 0 Å². The number of aliphatic hydroxyl groups excluding tert-OH is 2. The highest BCUT2D eigenvalue weighted by molar-refractivity contribution is 7.92. The molecular formula is C18H25N9O6S2. The molecule has 15 nitrogen and oxygen atoms in total. The fourth-order valence-electron chi connectivity index (χ4n) is 3.94. The van der Waals surface area contributed by atoms with Crippen molar-refractivity contribution in [3.05, 3.63) is 30.1 Å². The van der Waals surface area contributed by atoms with E-state index in [1.54, 1.807) is 15.7 Å². The largest absolute Gasteiger partial charge is 0.394 e. The Balaban J connectivity index is 1.95. The predicted molar refractivity (Wildman–Crippen MR) is 124 cm³/mol. The van der Waals surface area contributed by atoms with Gasteiger partial charge in [0.05, 0.1) is 30.0 Å². The SMILES string of the molecule is NC[C@@H](O)CNS(=O)(=O)c1ccc(N2CC[C@H](CO)n3ccnc32)c(C2=NCN=N2)c1S(N)(=O)=O. The first kappa shape index (κ1) is 25.3. The topological polar surface area (TPSA) is 231 Å². The minimum Gasteiger partial charge on any atom is -0.394 e. The molecule has 2 aliphatic heterocycles. The highest BCUT2D eigenvalue weighted by Crippen LogP contribution is 2.39. The maximum Gasteiger partial charge on any atom is 0.242 e. The number of rotatable bonds is 9. The number of anilines is 2. The number of hydrogen-bond donors (Lipinski definition) is 5. The van der Waals surface area contributed by atoms with Gasteiger partial charge in [0.1, 0.15) is 9.79 Å². The number of azo groups is 1. The van der Waals surface area contributed by atoms with E-state index in [9.17, 15) is 27.0 Å². The molecule has 0 amide bonds. The van der Waals surface area contributed by atoms with Crippen LogP contribution >= 0.6 is 0 Å². The zero-order valence-corrected chi connectivity index (χ0v) is 20.0. The van der Waals surface area contributed by atoms with Gasteiger partial charge in [-0.25, -0.2) is 36.7 Å². The molecule has 0 unspecified atom stereocenters. The Labute approximate surface area is 201 Å². The molecular weight excluding hydrogens is 502 g/mol. The van der Waals surface area contributed by atoms with Crippen LogP contribution in [0.3, 0.4) is 0 Å². The van der Waals surface area contributed by atoms with Gasteiger partial charge in [0, 0.05) is 32.0 Å². The lowest BCUT2D eigenvalue weighted by Crippen LogP contribution is -2.37. The van der Waals surface area contributed by atoms with Crippen LogP contribution in [0.5, 0.6) is 0 Å². The number of nitrogens with zero attached hydrogens (tertiary/aromatic N) is 6. The number of aliphatic imine (C=N–C) groups is 1. The average molecular weight is 528 g/mol. The second-order valence-corrected chi connectivity index (χ2v) is 11.1. The summed E-state index contributed by atoms with van der Waals surface area (Å²) in [6.07, 6.45) is 2.54. The molecule has 1 aromatic heterocycles. The van der Waals surface area contributed by atoms with Gasteiger partial charge in [-0.1, -0.05) is 0 Å². The molecule has 1 aromatic carbocycles. The molecule has 17 heteroatoms. The number of nitrogens with one attached hydrogen (secondary N) is 1. The quantitative estimate of drug-likeness (QED) is 0.252. The number of benzene rings is 1. The van der Waals surface area contributed by atoms with Gasteiger partial charge in [0.15, 0.2) is 12.5 Å². The lowest BCUT2D eigenvalue weighted by molar-refractivity contribution is 0.186. The minimum absolute atomic E-state index is 0.0715. The predicted octanol–water partition coefficient (Wildman–Crippen LogP) is -1.63. The number of fused-ring (bicyclic) bond motifs is 1. The van der Waals surface area contributed by atoms with Gasteiger partial charge >= 0.3 is 0 Å². The lowest BCUT2D eigenvalue weighted by Gasteiger charge is -2.35. The van der Waals surface area contributed by atoms with E-state index < -0.39 is 42.5 Å². The molecule has 35 heavy (non-hydrogen) atoms. The summed E-state index contributed by atoms with van der Waals surface area (Å²) in [5.41, 5.74) is 5.43. The van der Waals surface area contributed by atoms with Crippen molar-refractivity contribution in [3.63, 3.8) is 0 Å². The third-order valence-electron chi connectivity index (χ3n) is 5.60. The summed E-state index contributed by atoms with van der Waals surface area (Å²) < 4.78 is 55.7. The van der Waals surface area contributed by atoms with Crippen molar-refractivity contribution in [1.29, 1.82) is 0 Å². The maximum atomic E-state index is 13.1. The van der Waals surface area contributed by atoms with Crippen molar-refractivity contribution in [2.45, 2.75) is 28.4 Å². The number of aromatic nitrogens is 2. The Morgan fingerprint density at radius 2 is 2.03 bits per heavy atom. The first-order valence-corrected chi connectivity index (χ1v) is 13.5. The second-order valence-electron chi connectivity index (χ2n) is 7.85. The Hall–Kier alpha value is -2.80. The van der Waals surface area contributed by atoms with Crippen LogP contribution < -0.4 is 20.5 Å². The van der Waals surface area contributed by atoms with E-state index in [4.69, 9.17) is 10.9 Å². The van der Waals surface area contributed by atoms with Gasteiger partial charge in [0.2, 0.25) is 26.0 Å². The van der Waals surface area contributed by atoms with E-state index in [2.05, 4.69) is 24.9 Å². The zero-order chi connectivity index (χ0) is 25.4. The van der Waals surface area contributed by atoms with Crippen LogP contribution in [0.4, 0.5) is 11.6 Å². The molecule has 0 aliphatic carbocycles. The fourth-order valence-corrected chi connectivity index (χ4v) is 6.60. The van der Waals surface area contributed by atoms with Crippen molar-refractivity contribution >= 4 is 37.5 Å². The molecule has 2 atom stereocenters. The van der Waals surface area contributed by atoms with Crippen molar-refractivity contribution in [2.75, 3.05) is 37.8 Å². The second kappa shape index (κ2) is 9.69. The van der Waals surface area contributed by atoms with Crippen LogP contribution in [-0.4, -0.2) is 81.4 Å². The minimum atomic E-state index is -4.65. The van der Waals surface area contributed by atoms with Gasteiger partial charge in [0.25, 0.3) is 0 Å². The monoisotopic (exact) mass is 527 g/mol. The summed E-state index contributed by atoms with van der Waals surface area (Å²) in [5, 5.41) is 32.6. The van der Waals surface area contributed by atoms with Crippen LogP contribution in [0.25, 0.3) is 0 Å². The number of primary sulfonamides is 1. The van der Waals surface area contributed by atoms with Gasteiger partial charge in [-0.2, -0.15) is 5.11 Å². The molecule has 4 rings (SSSR count). The summed E-state index contributed by atoms with van der Waals surface area (Å²) in [5.74, 6) is 0.303. The van der Waals surface area contributed by atoms with Crippen LogP contribution in [-0.2, 0) is 20.0 Å². The summed E-state index contributed by atoms with van der Waals surface area (Å²) >= 11 is 0. The Kier molecular flexibility index (Phi) is 7.00. The first-order valence-electron chi connectivity index (χ1n) is 10.5. The number of aliphatic hydroxyl groups is 2. The smallest absolute Gasteiger partial charge is 0.242 e. The van der Waals surface area contributed by atoms with Gasteiger partial charge < -0.3 is 25.4 Å². The normalized spacial score (nSPS) is 19.0. The molecule has 0 fully saturated rings. The summed E-state index contributed by atoms with van der Waals surface area (Å²) in [7, 11) is -9.12. The standard InChI is InChI=1S/C18H25N9O6S2/c19-7-12(29)8-24-35(32,33)14-2-1-13(15(16(14)34(20,30)31)17-22-10-23-25-17)27-5-3-11(9-28)26-6-4-21-18(26)27/h1-2,4,6,11-12,24,28-29H,3,5,7-10,19H2,(H2,20,30,31)/t11-,12-/m1/s1. The Morgan fingerprint density at radius 1 is 1.26 bits per heavy atom. The van der Waals surface area contributed by atoms with E-state index in [0.717, 1.165) is 6.07 Å². The third-order valence-corrected chi connectivity index (χ3v) is 8.19. The van der Waals surface area contributed by atoms with Gasteiger partial charge in [-0.3, -0.25) is 0 Å². The van der Waals surface area contributed by atoms with Gasteiger partial charge in [-0.15, -0.1) is 5.11 Å². The Bertz CT molecular complexity index is 1390. The van der Waals surface area contributed by atoms with Crippen molar-refractivity contribution in [3.8, 4) is 0 Å². The highest BCUT2D eigenvalue weighted by Gasteiger charge is 2.36. The van der Waals surface area contributed by atoms with E-state index in [1.807, 2.05) is 0 Å². The van der Waals surface area contributed by atoms with E-state index in [-0.39, 0.29) is 42.9 Å². The molecule has 0 bridgehead atoms. The third kappa shape index (κ3) is 4.83. The average Bonchev–Trinajstić information content (AvgIpc) is 3.53. The molecule has 0 saturated carbocycles. The maximum absolute atomic E-state index is 13.1. The summed E-state index contributed by atoms with van der Waals surface area (Å²) in [4.78, 5) is 8.77. The molecule has 190 valence electrons. The number of hydrogen-bond acceptors (Lipinski definition) is 12. The van der Waals surface area contributed by atoms with Crippen LogP contribution in [0.1, 0.15) is 18.0 Å². The zero-order valence-electron chi connectivity index (χ0n) is 18.4. The van der Waals surface area contributed by atoms with Crippen LogP contribution in [0, 0.1) is 0 Å². The summed E-state index contributed by atoms with van der Waals surface area (Å²) in [6.45, 7) is -0.505. The Morgan fingerprint density at radius 3 is 2.66 bits per heavy atom. The molecule has 0 spiro atoms. The first-order chi connectivity index (χ1) is 16.6. The summed E-state index contributed by atoms with van der Waals surface area (Å²) in [6, 6.07) is 2.28. The van der Waals surface area contributed by atoms with Crippen LogP contribution in [0.2, 0.25) is 0 Å². The van der Waals surface area contributed by atoms with E-state index in [1.165, 1.54) is 12.3 Å². The molecule has 2 aliphatic rings. The molecule has 0 saturated heterocycles. The van der Waals surface area contributed by atoms with E-state index in [0.29, 0.717) is 18.9 Å². The number of nitrogens with two attached hydrogens (primary N) is 2. The molecule has 3 heterocycles. The number of imidazole rings is 1. The fraction of sp³-hybridized carbons (Fsp3) is 0.444. The lowest BCUT2D eigenvalue weighted by atomic mass is 10.1.